The Morgan fingerprint density at radius 3 is 3.00 bits per heavy atom. The Hall–Kier alpha value is -1.42. The summed E-state index contributed by atoms with van der Waals surface area (Å²) < 4.78 is 13.2. The van der Waals surface area contributed by atoms with E-state index >= 15 is 0 Å². The van der Waals surface area contributed by atoms with Crippen LogP contribution in [-0.4, -0.2) is 29.1 Å². The van der Waals surface area contributed by atoms with Crippen LogP contribution in [0.3, 0.4) is 0 Å². The highest BCUT2D eigenvalue weighted by Crippen LogP contribution is 2.35. The molecule has 1 saturated heterocycles. The standard InChI is InChI=1S/C14H18FNO2/c1-10-7-13(11-3-2-4-12(15)8-11)16(9-10)6-5-14(17)18/h2-4,8,10,13H,5-7,9H2,1H3,(H,17,18)/t10-,13-/m0/s1. The molecule has 3 nitrogen and oxygen atoms in total. The molecule has 1 aliphatic heterocycles. The number of hydrogen-bond acceptors (Lipinski definition) is 2. The van der Waals surface area contributed by atoms with Gasteiger partial charge in [0, 0.05) is 19.1 Å². The van der Waals surface area contributed by atoms with E-state index in [1.807, 2.05) is 6.07 Å². The second-order valence-electron chi connectivity index (χ2n) is 5.05. The Morgan fingerprint density at radius 2 is 2.33 bits per heavy atom. The summed E-state index contributed by atoms with van der Waals surface area (Å²) in [7, 11) is 0. The number of aliphatic carboxylic acids is 1. The molecule has 0 unspecified atom stereocenters. The van der Waals surface area contributed by atoms with Crippen molar-refractivity contribution in [2.24, 2.45) is 5.92 Å². The average molecular weight is 251 g/mol. The minimum Gasteiger partial charge on any atom is -0.481 e. The quantitative estimate of drug-likeness (QED) is 0.894. The predicted molar refractivity (Wildman–Crippen MR) is 66.7 cm³/mol. The van der Waals surface area contributed by atoms with Gasteiger partial charge in [-0.2, -0.15) is 0 Å². The molecule has 0 bridgehead atoms. The van der Waals surface area contributed by atoms with Gasteiger partial charge in [0.2, 0.25) is 0 Å². The zero-order valence-electron chi connectivity index (χ0n) is 10.5. The SMILES string of the molecule is C[C@H]1C[C@@H](c2cccc(F)c2)N(CCC(=O)O)C1. The van der Waals surface area contributed by atoms with E-state index in [0.29, 0.717) is 12.5 Å². The number of likely N-dealkylation sites (tertiary alicyclic amines) is 1. The van der Waals surface area contributed by atoms with Gasteiger partial charge in [0.1, 0.15) is 5.82 Å². The lowest BCUT2D eigenvalue weighted by molar-refractivity contribution is -0.137. The molecule has 0 spiro atoms. The van der Waals surface area contributed by atoms with Crippen LogP contribution in [0.25, 0.3) is 0 Å². The molecule has 4 heteroatoms. The van der Waals surface area contributed by atoms with E-state index in [1.54, 1.807) is 12.1 Å². The van der Waals surface area contributed by atoms with Crippen LogP contribution in [0.2, 0.25) is 0 Å². The van der Waals surface area contributed by atoms with Gasteiger partial charge < -0.3 is 5.11 Å². The summed E-state index contributed by atoms with van der Waals surface area (Å²) >= 11 is 0. The summed E-state index contributed by atoms with van der Waals surface area (Å²) in [4.78, 5) is 12.8. The van der Waals surface area contributed by atoms with Crippen molar-refractivity contribution >= 4 is 5.97 Å². The number of nitrogens with zero attached hydrogens (tertiary/aromatic N) is 1. The molecule has 1 heterocycles. The monoisotopic (exact) mass is 251 g/mol. The molecule has 2 rings (SSSR count). The Labute approximate surface area is 106 Å². The maximum absolute atomic E-state index is 13.2. The van der Waals surface area contributed by atoms with Gasteiger partial charge in [0.25, 0.3) is 0 Å². The summed E-state index contributed by atoms with van der Waals surface area (Å²) in [6.45, 7) is 3.56. The summed E-state index contributed by atoms with van der Waals surface area (Å²) in [5.41, 5.74) is 0.949. The summed E-state index contributed by atoms with van der Waals surface area (Å²) in [6.07, 6.45) is 1.10. The van der Waals surface area contributed by atoms with E-state index in [2.05, 4.69) is 11.8 Å². The second kappa shape index (κ2) is 5.48. The average Bonchev–Trinajstić information content (AvgIpc) is 2.68. The molecule has 1 fully saturated rings. The summed E-state index contributed by atoms with van der Waals surface area (Å²) in [5, 5.41) is 8.75. The minimum atomic E-state index is -0.785. The molecule has 1 aromatic carbocycles. The lowest BCUT2D eigenvalue weighted by Gasteiger charge is -2.24. The molecule has 1 N–H and O–H groups in total. The van der Waals surface area contributed by atoms with Crippen LogP contribution in [0, 0.1) is 11.7 Å². The van der Waals surface area contributed by atoms with Crippen molar-refractivity contribution in [1.82, 2.24) is 4.90 Å². The number of benzene rings is 1. The first-order chi connectivity index (χ1) is 8.56. The highest BCUT2D eigenvalue weighted by atomic mass is 19.1. The maximum Gasteiger partial charge on any atom is 0.304 e. The van der Waals surface area contributed by atoms with Crippen LogP contribution in [0.4, 0.5) is 4.39 Å². The molecule has 0 aliphatic carbocycles. The van der Waals surface area contributed by atoms with Crippen molar-refractivity contribution in [3.63, 3.8) is 0 Å². The zero-order valence-corrected chi connectivity index (χ0v) is 10.5. The van der Waals surface area contributed by atoms with E-state index in [0.717, 1.165) is 18.5 Å². The third-order valence-corrected chi connectivity index (χ3v) is 3.46. The first-order valence-electron chi connectivity index (χ1n) is 6.27. The Kier molecular flexibility index (Phi) is 3.97. The van der Waals surface area contributed by atoms with Gasteiger partial charge in [-0.05, 0) is 30.0 Å². The van der Waals surface area contributed by atoms with Gasteiger partial charge in [0.15, 0.2) is 0 Å². The molecule has 0 aromatic heterocycles. The van der Waals surface area contributed by atoms with Crippen molar-refractivity contribution < 1.29 is 14.3 Å². The fraction of sp³-hybridized carbons (Fsp3) is 0.500. The fourth-order valence-electron chi connectivity index (χ4n) is 2.68. The lowest BCUT2D eigenvalue weighted by atomic mass is 10.0. The largest absolute Gasteiger partial charge is 0.481 e. The van der Waals surface area contributed by atoms with Crippen LogP contribution in [0.15, 0.2) is 24.3 Å². The summed E-state index contributed by atoms with van der Waals surface area (Å²) in [6, 6.07) is 6.76. The molecule has 0 amide bonds. The number of hydrogen-bond donors (Lipinski definition) is 1. The van der Waals surface area contributed by atoms with Crippen molar-refractivity contribution in [1.29, 1.82) is 0 Å². The number of carboxylic acid groups (broad SMARTS) is 1. The van der Waals surface area contributed by atoms with Gasteiger partial charge in [0.05, 0.1) is 6.42 Å². The Morgan fingerprint density at radius 1 is 1.56 bits per heavy atom. The van der Waals surface area contributed by atoms with E-state index in [-0.39, 0.29) is 18.3 Å². The third kappa shape index (κ3) is 3.07. The molecule has 0 saturated carbocycles. The smallest absolute Gasteiger partial charge is 0.304 e. The van der Waals surface area contributed by atoms with Crippen molar-refractivity contribution in [3.8, 4) is 0 Å². The molecule has 98 valence electrons. The maximum atomic E-state index is 13.2. The van der Waals surface area contributed by atoms with Crippen LogP contribution < -0.4 is 0 Å². The molecule has 1 aromatic rings. The van der Waals surface area contributed by atoms with Gasteiger partial charge in [-0.1, -0.05) is 19.1 Å². The topological polar surface area (TPSA) is 40.5 Å². The number of carbonyl (C=O) groups is 1. The van der Waals surface area contributed by atoms with Crippen LogP contribution in [-0.2, 0) is 4.79 Å². The molecular formula is C14H18FNO2. The predicted octanol–water partition coefficient (Wildman–Crippen LogP) is 2.68. The van der Waals surface area contributed by atoms with E-state index in [9.17, 15) is 9.18 Å². The minimum absolute atomic E-state index is 0.137. The molecule has 0 radical (unpaired) electrons. The molecule has 2 atom stereocenters. The first-order valence-corrected chi connectivity index (χ1v) is 6.27. The zero-order chi connectivity index (χ0) is 13.1. The van der Waals surface area contributed by atoms with Crippen molar-refractivity contribution in [3.05, 3.63) is 35.6 Å². The fourth-order valence-corrected chi connectivity index (χ4v) is 2.68. The van der Waals surface area contributed by atoms with E-state index in [4.69, 9.17) is 5.11 Å². The molecule has 1 aliphatic rings. The van der Waals surface area contributed by atoms with Gasteiger partial charge in [-0.3, -0.25) is 9.69 Å². The number of halogens is 1. The third-order valence-electron chi connectivity index (χ3n) is 3.46. The van der Waals surface area contributed by atoms with Gasteiger partial charge >= 0.3 is 5.97 Å². The van der Waals surface area contributed by atoms with Gasteiger partial charge in [-0.15, -0.1) is 0 Å². The van der Waals surface area contributed by atoms with E-state index < -0.39 is 5.97 Å². The highest BCUT2D eigenvalue weighted by molar-refractivity contribution is 5.66. The van der Waals surface area contributed by atoms with Gasteiger partial charge in [-0.25, -0.2) is 4.39 Å². The Balaban J connectivity index is 2.11. The number of rotatable bonds is 4. The normalized spacial score (nSPS) is 24.3. The molecule has 18 heavy (non-hydrogen) atoms. The second-order valence-corrected chi connectivity index (χ2v) is 5.05. The van der Waals surface area contributed by atoms with Crippen molar-refractivity contribution in [2.75, 3.05) is 13.1 Å². The van der Waals surface area contributed by atoms with Crippen molar-refractivity contribution in [2.45, 2.75) is 25.8 Å². The van der Waals surface area contributed by atoms with Crippen LogP contribution >= 0.6 is 0 Å². The Bertz CT molecular complexity index is 436. The highest BCUT2D eigenvalue weighted by Gasteiger charge is 2.30. The number of carboxylic acids is 1. The van der Waals surface area contributed by atoms with Crippen LogP contribution in [0.1, 0.15) is 31.4 Å². The molecular weight excluding hydrogens is 233 g/mol. The van der Waals surface area contributed by atoms with E-state index in [1.165, 1.54) is 6.07 Å². The van der Waals surface area contributed by atoms with Crippen LogP contribution in [0.5, 0.6) is 0 Å². The lowest BCUT2D eigenvalue weighted by Crippen LogP contribution is -2.26. The summed E-state index contributed by atoms with van der Waals surface area (Å²) in [5.74, 6) is -0.496. The first kappa shape index (κ1) is 13.0.